The second-order valence-corrected chi connectivity index (χ2v) is 4.40. The Kier molecular flexibility index (Phi) is 4.10. The average molecular weight is 270 g/mol. The maximum Gasteiger partial charge on any atom is 0.337 e. The molecule has 5 nitrogen and oxygen atoms in total. The van der Waals surface area contributed by atoms with Gasteiger partial charge in [-0.2, -0.15) is 0 Å². The topological polar surface area (TPSA) is 79.3 Å². The van der Waals surface area contributed by atoms with Crippen molar-refractivity contribution < 1.29 is 14.7 Å². The molecule has 0 fully saturated rings. The molecular weight excluding hydrogens is 256 g/mol. The highest BCUT2D eigenvalue weighted by Gasteiger charge is 2.13. The van der Waals surface area contributed by atoms with Gasteiger partial charge in [-0.25, -0.2) is 4.79 Å². The lowest BCUT2D eigenvalue weighted by Crippen LogP contribution is -2.17. The molecule has 0 spiro atoms. The van der Waals surface area contributed by atoms with Gasteiger partial charge in [0.2, 0.25) is 5.91 Å². The lowest BCUT2D eigenvalue weighted by molar-refractivity contribution is -0.115. The fraction of sp³-hybridized carbons (Fsp3) is 0.133. The smallest absolute Gasteiger partial charge is 0.337 e. The van der Waals surface area contributed by atoms with Gasteiger partial charge < -0.3 is 10.4 Å². The molecule has 0 aliphatic carbocycles. The lowest BCUT2D eigenvalue weighted by Gasteiger charge is -2.09. The molecule has 1 heterocycles. The molecular formula is C15H14N2O3. The van der Waals surface area contributed by atoms with Gasteiger partial charge in [0, 0.05) is 11.9 Å². The Morgan fingerprint density at radius 1 is 1.25 bits per heavy atom. The predicted octanol–water partition coefficient (Wildman–Crippen LogP) is 2.27. The Labute approximate surface area is 116 Å². The fourth-order valence-electron chi connectivity index (χ4n) is 1.81. The number of pyridine rings is 1. The molecule has 0 radical (unpaired) electrons. The number of rotatable bonds is 4. The first-order valence-electron chi connectivity index (χ1n) is 6.10. The van der Waals surface area contributed by atoms with Crippen molar-refractivity contribution in [1.82, 2.24) is 4.98 Å². The van der Waals surface area contributed by atoms with Crippen molar-refractivity contribution in [2.45, 2.75) is 13.3 Å². The van der Waals surface area contributed by atoms with Crippen LogP contribution in [-0.2, 0) is 11.2 Å². The molecule has 0 saturated heterocycles. The van der Waals surface area contributed by atoms with Crippen molar-refractivity contribution in [3.05, 3.63) is 59.4 Å². The summed E-state index contributed by atoms with van der Waals surface area (Å²) >= 11 is 0. The molecule has 5 heteroatoms. The Balaban J connectivity index is 2.14. The molecule has 0 atom stereocenters. The third-order valence-corrected chi connectivity index (χ3v) is 2.75. The molecule has 0 bridgehead atoms. The number of carbonyl (C=O) groups is 2. The number of nitrogens with one attached hydrogen (secondary N) is 1. The van der Waals surface area contributed by atoms with Gasteiger partial charge >= 0.3 is 5.97 Å². The molecule has 1 aromatic carbocycles. The van der Waals surface area contributed by atoms with Crippen LogP contribution in [0.25, 0.3) is 0 Å². The largest absolute Gasteiger partial charge is 0.478 e. The van der Waals surface area contributed by atoms with Crippen molar-refractivity contribution in [1.29, 1.82) is 0 Å². The Bertz CT molecular complexity index is 639. The van der Waals surface area contributed by atoms with E-state index in [1.165, 1.54) is 6.07 Å². The van der Waals surface area contributed by atoms with Crippen LogP contribution in [0.5, 0.6) is 0 Å². The van der Waals surface area contributed by atoms with Crippen LogP contribution in [0.3, 0.4) is 0 Å². The van der Waals surface area contributed by atoms with Gasteiger partial charge in [0.1, 0.15) is 0 Å². The molecule has 0 aliphatic rings. The summed E-state index contributed by atoms with van der Waals surface area (Å²) < 4.78 is 0. The predicted molar refractivity (Wildman–Crippen MR) is 74.7 cm³/mol. The summed E-state index contributed by atoms with van der Waals surface area (Å²) in [6.45, 7) is 1.80. The van der Waals surface area contributed by atoms with E-state index in [-0.39, 0.29) is 17.9 Å². The number of nitrogens with zero attached hydrogens (tertiary/aromatic N) is 1. The second-order valence-electron chi connectivity index (χ2n) is 4.40. The van der Waals surface area contributed by atoms with Crippen molar-refractivity contribution in [3.63, 3.8) is 0 Å². The molecule has 0 aliphatic heterocycles. The van der Waals surface area contributed by atoms with Gasteiger partial charge in [-0.3, -0.25) is 9.78 Å². The van der Waals surface area contributed by atoms with E-state index < -0.39 is 5.97 Å². The van der Waals surface area contributed by atoms with Crippen molar-refractivity contribution in [2.75, 3.05) is 5.32 Å². The first-order chi connectivity index (χ1) is 9.56. The SMILES string of the molecule is Cc1ccc(NC(=O)Cc2ccccn2)c(C(=O)O)c1. The molecule has 2 rings (SSSR count). The van der Waals surface area contributed by atoms with Gasteiger partial charge in [-0.15, -0.1) is 0 Å². The molecule has 2 N–H and O–H groups in total. The zero-order valence-electron chi connectivity index (χ0n) is 11.0. The first kappa shape index (κ1) is 13.7. The van der Waals surface area contributed by atoms with Gasteiger partial charge in [0.05, 0.1) is 17.7 Å². The maximum absolute atomic E-state index is 11.9. The van der Waals surface area contributed by atoms with Gasteiger partial charge in [0.25, 0.3) is 0 Å². The van der Waals surface area contributed by atoms with Gasteiger partial charge in [-0.05, 0) is 31.2 Å². The van der Waals surface area contributed by atoms with E-state index in [9.17, 15) is 9.59 Å². The van der Waals surface area contributed by atoms with E-state index in [2.05, 4.69) is 10.3 Å². The van der Waals surface area contributed by atoms with E-state index >= 15 is 0 Å². The highest BCUT2D eigenvalue weighted by molar-refractivity contribution is 6.01. The van der Waals surface area contributed by atoms with Crippen LogP contribution in [0.1, 0.15) is 21.6 Å². The molecule has 20 heavy (non-hydrogen) atoms. The molecule has 1 amide bonds. The minimum absolute atomic E-state index is 0.0828. The number of benzene rings is 1. The van der Waals surface area contributed by atoms with Crippen LogP contribution in [0.4, 0.5) is 5.69 Å². The highest BCUT2D eigenvalue weighted by Crippen LogP contribution is 2.17. The number of aromatic nitrogens is 1. The van der Waals surface area contributed by atoms with Crippen molar-refractivity contribution >= 4 is 17.6 Å². The summed E-state index contributed by atoms with van der Waals surface area (Å²) in [5.41, 5.74) is 1.84. The van der Waals surface area contributed by atoms with Crippen LogP contribution in [0.2, 0.25) is 0 Å². The van der Waals surface area contributed by atoms with E-state index in [1.807, 2.05) is 0 Å². The van der Waals surface area contributed by atoms with Crippen LogP contribution < -0.4 is 5.32 Å². The summed E-state index contributed by atoms with van der Waals surface area (Å²) in [5.74, 6) is -1.36. The zero-order chi connectivity index (χ0) is 14.5. The summed E-state index contributed by atoms with van der Waals surface area (Å²) in [4.78, 5) is 27.1. The Morgan fingerprint density at radius 2 is 2.05 bits per heavy atom. The van der Waals surface area contributed by atoms with Gasteiger partial charge in [0.15, 0.2) is 0 Å². The summed E-state index contributed by atoms with van der Waals surface area (Å²) in [7, 11) is 0. The van der Waals surface area contributed by atoms with E-state index in [4.69, 9.17) is 5.11 Å². The summed E-state index contributed by atoms with van der Waals surface area (Å²) in [6.07, 6.45) is 1.71. The van der Waals surface area contributed by atoms with Crippen LogP contribution >= 0.6 is 0 Å². The summed E-state index contributed by atoms with van der Waals surface area (Å²) in [6, 6.07) is 10.2. The summed E-state index contributed by atoms with van der Waals surface area (Å²) in [5, 5.41) is 11.7. The quantitative estimate of drug-likeness (QED) is 0.893. The second kappa shape index (κ2) is 5.97. The maximum atomic E-state index is 11.9. The van der Waals surface area contributed by atoms with Crippen LogP contribution in [-0.4, -0.2) is 22.0 Å². The number of amides is 1. The average Bonchev–Trinajstić information content (AvgIpc) is 2.41. The number of carboxylic acids is 1. The van der Waals surface area contributed by atoms with Crippen molar-refractivity contribution in [3.8, 4) is 0 Å². The molecule has 0 saturated carbocycles. The minimum atomic E-state index is -1.07. The van der Waals surface area contributed by atoms with Crippen LogP contribution in [0, 0.1) is 6.92 Å². The number of carbonyl (C=O) groups excluding carboxylic acids is 1. The van der Waals surface area contributed by atoms with Crippen molar-refractivity contribution in [2.24, 2.45) is 0 Å². The standard InChI is InChI=1S/C15H14N2O3/c1-10-5-6-13(12(8-10)15(19)20)17-14(18)9-11-4-2-3-7-16-11/h2-8H,9H2,1H3,(H,17,18)(H,19,20). The monoisotopic (exact) mass is 270 g/mol. The Hall–Kier alpha value is -2.69. The third-order valence-electron chi connectivity index (χ3n) is 2.75. The highest BCUT2D eigenvalue weighted by atomic mass is 16.4. The van der Waals surface area contributed by atoms with E-state index in [0.717, 1.165) is 5.56 Å². The minimum Gasteiger partial charge on any atom is -0.478 e. The number of aryl methyl sites for hydroxylation is 1. The first-order valence-corrected chi connectivity index (χ1v) is 6.10. The molecule has 102 valence electrons. The molecule has 0 unspecified atom stereocenters. The fourth-order valence-corrected chi connectivity index (χ4v) is 1.81. The zero-order valence-corrected chi connectivity index (χ0v) is 11.0. The number of anilines is 1. The lowest BCUT2D eigenvalue weighted by atomic mass is 10.1. The number of hydrogen-bond donors (Lipinski definition) is 2. The Morgan fingerprint density at radius 3 is 2.70 bits per heavy atom. The number of hydrogen-bond acceptors (Lipinski definition) is 3. The number of carboxylic acid groups (broad SMARTS) is 1. The normalized spacial score (nSPS) is 10.1. The molecule has 2 aromatic rings. The van der Waals surface area contributed by atoms with E-state index in [1.54, 1.807) is 43.5 Å². The van der Waals surface area contributed by atoms with Crippen LogP contribution in [0.15, 0.2) is 42.6 Å². The third kappa shape index (κ3) is 3.41. The van der Waals surface area contributed by atoms with Gasteiger partial charge in [-0.1, -0.05) is 17.7 Å². The number of aromatic carboxylic acids is 1. The van der Waals surface area contributed by atoms with E-state index in [0.29, 0.717) is 11.4 Å². The molecule has 1 aromatic heterocycles.